The van der Waals surface area contributed by atoms with Gasteiger partial charge in [-0.05, 0) is 116 Å². The van der Waals surface area contributed by atoms with Crippen molar-refractivity contribution in [3.63, 3.8) is 0 Å². The molecular weight excluding hydrogens is 895 g/mol. The number of hydrogen-bond donors (Lipinski definition) is 7. The highest BCUT2D eigenvalue weighted by molar-refractivity contribution is 5.98. The largest absolute Gasteiger partial charge is 0.458 e. The van der Waals surface area contributed by atoms with Crippen molar-refractivity contribution in [1.82, 2.24) is 36.3 Å². The zero-order valence-corrected chi connectivity index (χ0v) is 43.2. The summed E-state index contributed by atoms with van der Waals surface area (Å²) in [6, 6.07) is -7.89. The van der Waals surface area contributed by atoms with Gasteiger partial charge in [0.25, 0.3) is 23.6 Å². The molecule has 0 radical (unpaired) electrons. The first-order valence-corrected chi connectivity index (χ1v) is 25.4. The summed E-state index contributed by atoms with van der Waals surface area (Å²) in [6.07, 6.45) is 1.82. The van der Waals surface area contributed by atoms with Crippen LogP contribution in [0.5, 0.6) is 0 Å². The van der Waals surface area contributed by atoms with Gasteiger partial charge in [0.15, 0.2) is 17.6 Å². The Bertz CT molecular complexity index is 1930. The molecular formula is C49H83N7O13. The molecule has 4 heterocycles. The van der Waals surface area contributed by atoms with E-state index in [1.54, 1.807) is 27.7 Å². The van der Waals surface area contributed by atoms with E-state index in [1.165, 1.54) is 27.7 Å². The summed E-state index contributed by atoms with van der Waals surface area (Å²) in [4.78, 5) is 103. The number of nitrogens with zero attached hydrogens (tertiary/aromatic N) is 4. The summed E-state index contributed by atoms with van der Waals surface area (Å²) in [7, 11) is 0. The Morgan fingerprint density at radius 1 is 0.841 bits per heavy atom. The number of rotatable bonds is 9. The lowest BCUT2D eigenvalue weighted by Crippen LogP contribution is -2.69. The fraction of sp³-hybridized carbons (Fsp3) is 0.857. The van der Waals surface area contributed by atoms with Crippen molar-refractivity contribution in [3.05, 3.63) is 0 Å². The van der Waals surface area contributed by atoms with Crippen LogP contribution in [0.4, 0.5) is 0 Å². The lowest BCUT2D eigenvalue weighted by Gasteiger charge is -2.54. The van der Waals surface area contributed by atoms with Crippen molar-refractivity contribution in [2.75, 3.05) is 13.1 Å². The molecule has 0 aromatic heterocycles. The van der Waals surface area contributed by atoms with Crippen molar-refractivity contribution in [1.29, 1.82) is 0 Å². The number of aliphatic hydroxyl groups is 2. The summed E-state index contributed by atoms with van der Waals surface area (Å²) in [5, 5.41) is 52.8. The topological polar surface area (TPSA) is 268 Å². The summed E-state index contributed by atoms with van der Waals surface area (Å²) in [5.74, 6) is -12.9. The van der Waals surface area contributed by atoms with Crippen molar-refractivity contribution < 1.29 is 63.7 Å². The molecule has 7 N–H and O–H groups in total. The summed E-state index contributed by atoms with van der Waals surface area (Å²) >= 11 is 0. The van der Waals surface area contributed by atoms with Crippen LogP contribution < -0.4 is 16.2 Å². The summed E-state index contributed by atoms with van der Waals surface area (Å²) in [5.41, 5.74) is 1.44. The van der Waals surface area contributed by atoms with E-state index in [1.807, 2.05) is 20.8 Å². The van der Waals surface area contributed by atoms with Crippen molar-refractivity contribution in [2.24, 2.45) is 46.8 Å². The fourth-order valence-electron chi connectivity index (χ4n) is 11.1. The maximum Gasteiger partial charge on any atom is 0.332 e. The van der Waals surface area contributed by atoms with E-state index in [0.717, 1.165) is 22.9 Å². The van der Waals surface area contributed by atoms with E-state index in [4.69, 9.17) is 9.47 Å². The maximum atomic E-state index is 15.3. The SMILES string of the molecule is CC[C@H](C)C[C@H]1CC[C@](O)(C(C)(C)C(=O)NC2C(=O)N3NCCC[C@H]3C(=O)N(O)[C@@H](C)C(=O)N3NC[C@@H](C)C[C@@H]3C(=O)C3CC[C@@](C)(O)[C@@H]3C(=O)N(O)[C@@H](C(C)C)C(=O)O[C@@H]2C(C)C)O[C@]1(C)CC. The van der Waals surface area contributed by atoms with Crippen molar-refractivity contribution in [3.8, 4) is 0 Å². The highest BCUT2D eigenvalue weighted by Gasteiger charge is 2.60. The second kappa shape index (κ2) is 21.5. The molecule has 0 spiro atoms. The maximum absolute atomic E-state index is 15.3. The predicted molar refractivity (Wildman–Crippen MR) is 249 cm³/mol. The van der Waals surface area contributed by atoms with Crippen LogP contribution in [0.25, 0.3) is 0 Å². The Labute approximate surface area is 407 Å². The van der Waals surface area contributed by atoms with E-state index in [0.29, 0.717) is 25.2 Å². The predicted octanol–water partition coefficient (Wildman–Crippen LogP) is 3.23. The smallest absolute Gasteiger partial charge is 0.332 e. The summed E-state index contributed by atoms with van der Waals surface area (Å²) in [6.45, 7) is 22.3. The average molecular weight is 978 g/mol. The Balaban J connectivity index is 1.63. The number of fused-ring (bicyclic) bond motifs is 3. The van der Waals surface area contributed by atoms with Crippen LogP contribution in [0.15, 0.2) is 0 Å². The quantitative estimate of drug-likeness (QED) is 0.129. The second-order valence-electron chi connectivity index (χ2n) is 22.6. The Morgan fingerprint density at radius 3 is 2.07 bits per heavy atom. The molecule has 5 fully saturated rings. The molecule has 5 aliphatic rings. The molecule has 5 rings (SSSR count). The van der Waals surface area contributed by atoms with Crippen molar-refractivity contribution in [2.45, 2.75) is 208 Å². The van der Waals surface area contributed by atoms with Crippen LogP contribution in [0, 0.1) is 46.8 Å². The minimum Gasteiger partial charge on any atom is -0.458 e. The molecule has 1 saturated carbocycles. The first kappa shape index (κ1) is 56.1. The molecule has 4 aliphatic heterocycles. The average Bonchev–Trinajstić information content (AvgIpc) is 3.62. The molecule has 2 unspecified atom stereocenters. The van der Waals surface area contributed by atoms with Gasteiger partial charge in [-0.3, -0.25) is 49.2 Å². The molecule has 1 aliphatic carbocycles. The van der Waals surface area contributed by atoms with E-state index >= 15 is 4.79 Å². The number of ketones is 1. The molecule has 0 aromatic carbocycles. The molecule has 69 heavy (non-hydrogen) atoms. The van der Waals surface area contributed by atoms with Gasteiger partial charge in [-0.1, -0.05) is 61.8 Å². The van der Waals surface area contributed by atoms with Gasteiger partial charge in [0.1, 0.15) is 30.3 Å². The van der Waals surface area contributed by atoms with Gasteiger partial charge in [-0.2, -0.15) is 0 Å². The molecule has 14 atom stereocenters. The minimum absolute atomic E-state index is 0.00375. The van der Waals surface area contributed by atoms with E-state index in [9.17, 15) is 49.4 Å². The van der Waals surface area contributed by atoms with Gasteiger partial charge in [-0.25, -0.2) is 25.8 Å². The zero-order valence-electron chi connectivity index (χ0n) is 43.2. The lowest BCUT2D eigenvalue weighted by molar-refractivity contribution is -0.340. The third-order valence-electron chi connectivity index (χ3n) is 16.4. The summed E-state index contributed by atoms with van der Waals surface area (Å²) < 4.78 is 12.8. The standard InChI is InChI=1S/C49H83N7O13/c1-14-28(7)23-31-18-21-49(65,69-48(31,13)15-2)46(10,11)45(63)52-36-39(27(5)6)68-44(62)37(26(3)4)56(67)42(60)35-32(19-20-47(35,12)64)38(57)34-24-29(8)25-51-54(34)40(58)30(9)55(66)41(59)33-17-16-22-50-53(33)43(36)61/h26-37,39,50-51,64-67H,14-25H2,1-13H3,(H,52,63)/t28-,29-,30-,31+,32?,33-,34+,35-,36?,37-,39+,47+,48+,49+/m0/s1. The number of nitrogens with one attached hydrogen (secondary N) is 3. The van der Waals surface area contributed by atoms with Crippen LogP contribution in [0.2, 0.25) is 0 Å². The number of hydrogen-bond acceptors (Lipinski definition) is 15. The zero-order chi connectivity index (χ0) is 51.9. The van der Waals surface area contributed by atoms with E-state index in [-0.39, 0.29) is 67.2 Å². The number of Topliss-reactive ketones (excluding diaryl/α,β-unsaturated/α-hetero) is 1. The number of hydroxylamine groups is 4. The number of carbonyl (C=O) groups excluding carboxylic acids is 7. The molecule has 20 heteroatoms. The molecule has 0 aromatic rings. The van der Waals surface area contributed by atoms with Gasteiger partial charge < -0.3 is 25.0 Å². The number of amides is 5. The number of carbonyl (C=O) groups is 7. The lowest BCUT2D eigenvalue weighted by atomic mass is 9.69. The van der Waals surface area contributed by atoms with Gasteiger partial charge in [0, 0.05) is 25.4 Å². The Morgan fingerprint density at radius 2 is 1.48 bits per heavy atom. The van der Waals surface area contributed by atoms with Crippen LogP contribution >= 0.6 is 0 Å². The highest BCUT2D eigenvalue weighted by atomic mass is 16.6. The molecule has 20 nitrogen and oxygen atoms in total. The third kappa shape index (κ3) is 11.0. The van der Waals surface area contributed by atoms with Crippen LogP contribution in [-0.2, 0) is 43.0 Å². The molecule has 4 saturated heterocycles. The minimum atomic E-state index is -2.04. The monoisotopic (exact) mass is 978 g/mol. The highest BCUT2D eigenvalue weighted by Crippen LogP contribution is 2.50. The first-order chi connectivity index (χ1) is 32.0. The van der Waals surface area contributed by atoms with E-state index in [2.05, 4.69) is 30.0 Å². The number of ether oxygens (including phenoxy) is 2. The van der Waals surface area contributed by atoms with E-state index < -0.39 is 124 Å². The van der Waals surface area contributed by atoms with Crippen LogP contribution in [0.1, 0.15) is 154 Å². The van der Waals surface area contributed by atoms with Gasteiger partial charge in [0.2, 0.25) is 5.91 Å². The van der Waals surface area contributed by atoms with Crippen LogP contribution in [-0.4, -0.2) is 148 Å². The van der Waals surface area contributed by atoms with Crippen molar-refractivity contribution >= 4 is 41.3 Å². The second-order valence-corrected chi connectivity index (χ2v) is 22.6. The van der Waals surface area contributed by atoms with Gasteiger partial charge in [-0.15, -0.1) is 0 Å². The first-order valence-electron chi connectivity index (χ1n) is 25.4. The normalized spacial score (nSPS) is 37.7. The number of cyclic esters (lactones) is 1. The molecule has 5 amide bonds. The molecule has 0 bridgehead atoms. The number of esters is 1. The number of hydrazine groups is 2. The van der Waals surface area contributed by atoms with Gasteiger partial charge >= 0.3 is 5.97 Å². The van der Waals surface area contributed by atoms with Crippen LogP contribution in [0.3, 0.4) is 0 Å². The Kier molecular flexibility index (Phi) is 17.5. The Hall–Kier alpha value is -3.79. The molecule has 392 valence electrons. The van der Waals surface area contributed by atoms with Gasteiger partial charge in [0.05, 0.1) is 22.5 Å². The third-order valence-corrected chi connectivity index (χ3v) is 16.4. The fourth-order valence-corrected chi connectivity index (χ4v) is 11.1.